The Morgan fingerprint density at radius 2 is 2.05 bits per heavy atom. The Labute approximate surface area is 240 Å². The van der Waals surface area contributed by atoms with Gasteiger partial charge in [0.15, 0.2) is 12.0 Å². The van der Waals surface area contributed by atoms with E-state index in [9.17, 15) is 20.2 Å². The molecule has 5 aromatic rings. The molecule has 6 rings (SSSR count). The van der Waals surface area contributed by atoms with Crippen LogP contribution in [0.5, 0.6) is 0 Å². The summed E-state index contributed by atoms with van der Waals surface area (Å²) in [4.78, 5) is 19.7. The summed E-state index contributed by atoms with van der Waals surface area (Å²) in [5.41, 5.74) is 0.665. The van der Waals surface area contributed by atoms with Crippen molar-refractivity contribution in [2.24, 2.45) is 0 Å². The number of H-pyrrole nitrogens is 1. The van der Waals surface area contributed by atoms with Crippen molar-refractivity contribution in [3.63, 3.8) is 0 Å². The van der Waals surface area contributed by atoms with Crippen molar-refractivity contribution >= 4 is 35.0 Å². The number of aromatic nitrogens is 7. The van der Waals surface area contributed by atoms with E-state index in [0.29, 0.717) is 33.7 Å². The lowest BCUT2D eigenvalue weighted by molar-refractivity contribution is -0.620. The number of pyridine rings is 1. The Morgan fingerprint density at radius 1 is 1.24 bits per heavy atom. The first-order valence-corrected chi connectivity index (χ1v) is 12.9. The first-order chi connectivity index (χ1) is 19.6. The standard InChI is InChI=1S/C26H19Cl2FN8O4/c1-35(25(38)39)15-2-3-16(18(28)9-15)19-10-30-24(32-19)26(40)7-6-13-8-14(11-37(41)23(13)26)21-20(36-12-31-33-34-36)5-4-17(27)22(21)29/h2-5,8-12,40H,6-7H2,1H3,(H,30,32)(H,38,39). The number of rotatable bonds is 5. The van der Waals surface area contributed by atoms with E-state index in [1.54, 1.807) is 18.2 Å². The van der Waals surface area contributed by atoms with Crippen LogP contribution in [-0.4, -0.2) is 53.5 Å². The minimum Gasteiger partial charge on any atom is -0.618 e. The molecule has 0 saturated carbocycles. The lowest BCUT2D eigenvalue weighted by Crippen LogP contribution is -2.42. The molecule has 208 valence electrons. The van der Waals surface area contributed by atoms with Crippen LogP contribution in [0.25, 0.3) is 28.1 Å². The number of tetrazole rings is 1. The van der Waals surface area contributed by atoms with E-state index in [2.05, 4.69) is 25.5 Å². The van der Waals surface area contributed by atoms with Gasteiger partial charge in [-0.15, -0.1) is 5.10 Å². The van der Waals surface area contributed by atoms with Gasteiger partial charge >= 0.3 is 6.09 Å². The highest BCUT2D eigenvalue weighted by Gasteiger charge is 2.48. The predicted octanol–water partition coefficient (Wildman–Crippen LogP) is 4.10. The fourth-order valence-electron chi connectivity index (χ4n) is 5.05. The summed E-state index contributed by atoms with van der Waals surface area (Å²) >= 11 is 12.5. The molecule has 41 heavy (non-hydrogen) atoms. The maximum Gasteiger partial charge on any atom is 0.411 e. The molecule has 1 aliphatic carbocycles. The average molecular weight is 597 g/mol. The molecule has 2 aromatic carbocycles. The molecule has 0 bridgehead atoms. The molecule has 3 N–H and O–H groups in total. The van der Waals surface area contributed by atoms with Crippen molar-refractivity contribution < 1.29 is 24.1 Å². The number of aryl methyl sites for hydroxylation is 1. The van der Waals surface area contributed by atoms with Gasteiger partial charge in [-0.3, -0.25) is 4.90 Å². The zero-order valence-corrected chi connectivity index (χ0v) is 22.6. The van der Waals surface area contributed by atoms with Gasteiger partial charge in [0.05, 0.1) is 38.8 Å². The highest BCUT2D eigenvalue weighted by Crippen LogP contribution is 2.42. The average Bonchev–Trinajstić information content (AvgIpc) is 3.71. The van der Waals surface area contributed by atoms with Crippen LogP contribution in [0.15, 0.2) is 55.1 Å². The fraction of sp³-hybridized carbons (Fsp3) is 0.154. The van der Waals surface area contributed by atoms with Crippen LogP contribution in [0.2, 0.25) is 10.0 Å². The summed E-state index contributed by atoms with van der Waals surface area (Å²) in [6.07, 6.45) is 3.22. The Kier molecular flexibility index (Phi) is 6.36. The number of amides is 1. The van der Waals surface area contributed by atoms with Crippen LogP contribution in [-0.2, 0) is 12.0 Å². The molecule has 15 heteroatoms. The molecule has 1 unspecified atom stereocenters. The van der Waals surface area contributed by atoms with Gasteiger partial charge in [-0.05, 0) is 59.7 Å². The van der Waals surface area contributed by atoms with Gasteiger partial charge in [-0.1, -0.05) is 23.2 Å². The van der Waals surface area contributed by atoms with E-state index in [0.717, 1.165) is 11.1 Å². The number of aliphatic hydroxyl groups is 1. The molecular formula is C26H19Cl2FN8O4. The molecule has 1 atom stereocenters. The second kappa shape index (κ2) is 9.80. The Morgan fingerprint density at radius 3 is 2.76 bits per heavy atom. The number of fused-ring (bicyclic) bond motifs is 1. The van der Waals surface area contributed by atoms with Crippen LogP contribution in [0.1, 0.15) is 23.5 Å². The number of halogens is 3. The number of nitrogens with one attached hydrogen (secondary N) is 1. The third-order valence-electron chi connectivity index (χ3n) is 7.10. The molecule has 3 aromatic heterocycles. The van der Waals surface area contributed by atoms with Gasteiger partial charge < -0.3 is 20.4 Å². The van der Waals surface area contributed by atoms with E-state index in [4.69, 9.17) is 23.2 Å². The maximum atomic E-state index is 15.3. The van der Waals surface area contributed by atoms with Gasteiger partial charge in [-0.2, -0.15) is 9.41 Å². The number of nitrogens with zero attached hydrogens (tertiary/aromatic N) is 7. The number of anilines is 1. The lowest BCUT2D eigenvalue weighted by atomic mass is 9.98. The Bertz CT molecular complexity index is 1830. The molecule has 0 fully saturated rings. The van der Waals surface area contributed by atoms with Gasteiger partial charge in [-0.25, -0.2) is 14.2 Å². The van der Waals surface area contributed by atoms with Crippen LogP contribution < -0.4 is 9.63 Å². The second-order valence-corrected chi connectivity index (χ2v) is 10.3. The van der Waals surface area contributed by atoms with Gasteiger partial charge in [0.2, 0.25) is 11.3 Å². The van der Waals surface area contributed by atoms with E-state index in [-0.39, 0.29) is 44.8 Å². The summed E-state index contributed by atoms with van der Waals surface area (Å²) in [5.74, 6) is -0.629. The first-order valence-electron chi connectivity index (χ1n) is 12.1. The summed E-state index contributed by atoms with van der Waals surface area (Å²) in [6.45, 7) is 0. The molecule has 1 aliphatic rings. The molecule has 0 spiro atoms. The van der Waals surface area contributed by atoms with Crippen LogP contribution in [0.3, 0.4) is 0 Å². The quantitative estimate of drug-likeness (QED) is 0.202. The van der Waals surface area contributed by atoms with Gasteiger partial charge in [0, 0.05) is 23.9 Å². The smallest absolute Gasteiger partial charge is 0.411 e. The van der Waals surface area contributed by atoms with E-state index in [1.165, 1.54) is 42.5 Å². The summed E-state index contributed by atoms with van der Waals surface area (Å²) in [5, 5.41) is 45.5. The minimum atomic E-state index is -1.77. The molecule has 0 saturated heterocycles. The number of benzene rings is 2. The third kappa shape index (κ3) is 4.34. The fourth-order valence-corrected chi connectivity index (χ4v) is 5.49. The highest BCUT2D eigenvalue weighted by atomic mass is 35.5. The highest BCUT2D eigenvalue weighted by molar-refractivity contribution is 6.33. The molecule has 0 aliphatic heterocycles. The number of aromatic amines is 1. The lowest BCUT2D eigenvalue weighted by Gasteiger charge is -2.20. The molecule has 3 heterocycles. The third-order valence-corrected chi connectivity index (χ3v) is 7.71. The Hall–Kier alpha value is -4.59. The van der Waals surface area contributed by atoms with E-state index >= 15 is 4.39 Å². The summed E-state index contributed by atoms with van der Waals surface area (Å²) < 4.78 is 17.1. The largest absolute Gasteiger partial charge is 0.618 e. The molecular weight excluding hydrogens is 578 g/mol. The number of imidazole rings is 1. The minimum absolute atomic E-state index is 0.0274. The van der Waals surface area contributed by atoms with Crippen molar-refractivity contribution in [1.29, 1.82) is 0 Å². The number of carboxylic acid groups (broad SMARTS) is 1. The normalized spacial score (nSPS) is 16.1. The number of hydrogen-bond donors (Lipinski definition) is 3. The zero-order chi connectivity index (χ0) is 29.1. The van der Waals surface area contributed by atoms with E-state index < -0.39 is 17.5 Å². The van der Waals surface area contributed by atoms with E-state index in [1.807, 2.05) is 0 Å². The SMILES string of the molecule is CN(C(=O)O)c1ccc(-c2cnc(C3(O)CCc4cc(-c5c(-n6cnnn6)ccc(Cl)c5F)c[n+]([O-])c43)[nH]2)c(Cl)c1. The number of carbonyl (C=O) groups is 1. The Balaban J connectivity index is 1.39. The molecule has 0 radical (unpaired) electrons. The number of hydrogen-bond acceptors (Lipinski definition) is 7. The van der Waals surface area contributed by atoms with Crippen LogP contribution in [0.4, 0.5) is 14.9 Å². The zero-order valence-electron chi connectivity index (χ0n) is 21.1. The second-order valence-electron chi connectivity index (χ2n) is 9.45. The van der Waals surface area contributed by atoms with Crippen LogP contribution in [0, 0.1) is 11.0 Å². The van der Waals surface area contributed by atoms with Crippen molar-refractivity contribution in [3.05, 3.63) is 93.3 Å². The van der Waals surface area contributed by atoms with Crippen molar-refractivity contribution in [2.75, 3.05) is 11.9 Å². The van der Waals surface area contributed by atoms with Crippen LogP contribution >= 0.6 is 23.2 Å². The molecule has 12 nitrogen and oxygen atoms in total. The maximum absolute atomic E-state index is 15.3. The van der Waals surface area contributed by atoms with Crippen molar-refractivity contribution in [1.82, 2.24) is 30.2 Å². The monoisotopic (exact) mass is 596 g/mol. The van der Waals surface area contributed by atoms with Gasteiger partial charge in [0.25, 0.3) is 0 Å². The first kappa shape index (κ1) is 26.6. The predicted molar refractivity (Wildman–Crippen MR) is 145 cm³/mol. The summed E-state index contributed by atoms with van der Waals surface area (Å²) in [6, 6.07) is 9.24. The van der Waals surface area contributed by atoms with Crippen molar-refractivity contribution in [3.8, 4) is 28.1 Å². The van der Waals surface area contributed by atoms with Gasteiger partial charge in [0.1, 0.15) is 12.2 Å². The van der Waals surface area contributed by atoms with Crippen molar-refractivity contribution in [2.45, 2.75) is 18.4 Å². The summed E-state index contributed by atoms with van der Waals surface area (Å²) in [7, 11) is 1.39. The molecule has 1 amide bonds. The topological polar surface area (TPSA) is 160 Å².